The number of pyridine rings is 1. The zero-order chi connectivity index (χ0) is 14.8. The molecule has 19 heavy (non-hydrogen) atoms. The second-order valence-electron chi connectivity index (χ2n) is 5.64. The fourth-order valence-electron chi connectivity index (χ4n) is 1.46. The minimum absolute atomic E-state index is 0.403. The van der Waals surface area contributed by atoms with Crippen molar-refractivity contribution in [2.75, 3.05) is 5.32 Å². The summed E-state index contributed by atoms with van der Waals surface area (Å²) in [4.78, 5) is 15.6. The predicted molar refractivity (Wildman–Crippen MR) is 72.8 cm³/mol. The van der Waals surface area contributed by atoms with Gasteiger partial charge in [-0.25, -0.2) is 4.98 Å². The summed E-state index contributed by atoms with van der Waals surface area (Å²) < 4.78 is 0. The Labute approximate surface area is 113 Å². The fraction of sp³-hybridized carbons (Fsp3) is 0.500. The van der Waals surface area contributed by atoms with Crippen molar-refractivity contribution in [3.63, 3.8) is 0 Å². The van der Waals surface area contributed by atoms with Gasteiger partial charge in [0, 0.05) is 11.2 Å². The van der Waals surface area contributed by atoms with Gasteiger partial charge in [-0.05, 0) is 46.8 Å². The van der Waals surface area contributed by atoms with Gasteiger partial charge in [0.2, 0.25) is 0 Å². The Hall–Kier alpha value is -2.09. The van der Waals surface area contributed by atoms with E-state index >= 15 is 0 Å². The highest BCUT2D eigenvalue weighted by Crippen LogP contribution is 2.34. The topological polar surface area (TPSA) is 86.0 Å². The summed E-state index contributed by atoms with van der Waals surface area (Å²) in [5, 5.41) is 21.5. The number of aliphatic carboxylic acids is 1. The average molecular weight is 261 g/mol. The zero-order valence-corrected chi connectivity index (χ0v) is 11.9. The molecule has 1 heterocycles. The highest BCUT2D eigenvalue weighted by molar-refractivity contribution is 5.76. The lowest BCUT2D eigenvalue weighted by Crippen LogP contribution is -2.50. The van der Waals surface area contributed by atoms with E-state index < -0.39 is 16.9 Å². The Morgan fingerprint density at radius 1 is 1.37 bits per heavy atom. The number of nitriles is 1. The van der Waals surface area contributed by atoms with Crippen LogP contribution in [0.25, 0.3) is 0 Å². The minimum atomic E-state index is -1.01. The molecule has 0 aromatic carbocycles. The highest BCUT2D eigenvalue weighted by atomic mass is 16.4. The Bertz CT molecular complexity index is 542. The summed E-state index contributed by atoms with van der Waals surface area (Å²) >= 11 is 0. The molecule has 0 aliphatic heterocycles. The Morgan fingerprint density at radius 3 is 2.42 bits per heavy atom. The van der Waals surface area contributed by atoms with Crippen molar-refractivity contribution in [2.24, 2.45) is 5.41 Å². The van der Waals surface area contributed by atoms with Gasteiger partial charge in [-0.1, -0.05) is 0 Å². The van der Waals surface area contributed by atoms with Crippen LogP contribution in [0.3, 0.4) is 0 Å². The molecule has 0 unspecified atom stereocenters. The second-order valence-corrected chi connectivity index (χ2v) is 5.64. The maximum Gasteiger partial charge on any atom is 0.311 e. The summed E-state index contributed by atoms with van der Waals surface area (Å²) in [5.74, 6) is -0.488. The Morgan fingerprint density at radius 2 is 1.95 bits per heavy atom. The van der Waals surface area contributed by atoms with Crippen LogP contribution < -0.4 is 5.32 Å². The van der Waals surface area contributed by atoms with E-state index in [1.165, 1.54) is 0 Å². The van der Waals surface area contributed by atoms with Crippen molar-refractivity contribution < 1.29 is 9.90 Å². The first-order valence-electron chi connectivity index (χ1n) is 6.01. The number of hydrogen-bond acceptors (Lipinski definition) is 4. The quantitative estimate of drug-likeness (QED) is 0.869. The molecule has 1 rings (SSSR count). The third kappa shape index (κ3) is 2.84. The largest absolute Gasteiger partial charge is 0.481 e. The molecule has 0 radical (unpaired) electrons. The van der Waals surface area contributed by atoms with E-state index in [2.05, 4.69) is 16.4 Å². The van der Waals surface area contributed by atoms with Gasteiger partial charge >= 0.3 is 5.97 Å². The fourth-order valence-corrected chi connectivity index (χ4v) is 1.46. The number of aromatic nitrogens is 1. The van der Waals surface area contributed by atoms with Gasteiger partial charge in [0.15, 0.2) is 0 Å². The van der Waals surface area contributed by atoms with Crippen molar-refractivity contribution in [3.05, 3.63) is 23.4 Å². The summed E-state index contributed by atoms with van der Waals surface area (Å²) in [6.45, 7) is 8.68. The van der Waals surface area contributed by atoms with Crippen molar-refractivity contribution >= 4 is 11.8 Å². The summed E-state index contributed by atoms with van der Waals surface area (Å²) in [6, 6.07) is 5.48. The van der Waals surface area contributed by atoms with Crippen LogP contribution in [0.15, 0.2) is 12.1 Å². The molecule has 1 aromatic heterocycles. The molecular formula is C14H19N3O2. The van der Waals surface area contributed by atoms with Crippen LogP contribution in [0.1, 0.15) is 39.0 Å². The molecule has 0 spiro atoms. The monoisotopic (exact) mass is 261 g/mol. The lowest BCUT2D eigenvalue weighted by atomic mass is 9.74. The molecule has 0 atom stereocenters. The van der Waals surface area contributed by atoms with E-state index in [1.54, 1.807) is 39.8 Å². The number of carbonyl (C=O) groups is 1. The van der Waals surface area contributed by atoms with Crippen molar-refractivity contribution in [2.45, 2.75) is 40.2 Å². The molecule has 1 aromatic rings. The molecule has 0 bridgehead atoms. The third-order valence-electron chi connectivity index (χ3n) is 3.68. The summed E-state index contributed by atoms with van der Waals surface area (Å²) in [7, 11) is 0. The Kier molecular flexibility index (Phi) is 3.85. The number of hydrogen-bond donors (Lipinski definition) is 2. The first-order valence-corrected chi connectivity index (χ1v) is 6.01. The number of anilines is 1. The average Bonchev–Trinajstić information content (AvgIpc) is 2.28. The van der Waals surface area contributed by atoms with Crippen LogP contribution in [0, 0.1) is 23.7 Å². The first kappa shape index (κ1) is 15.0. The zero-order valence-electron chi connectivity index (χ0n) is 11.9. The number of carboxylic acids is 1. The van der Waals surface area contributed by atoms with Gasteiger partial charge in [0.1, 0.15) is 11.9 Å². The molecule has 5 heteroatoms. The van der Waals surface area contributed by atoms with E-state index in [0.29, 0.717) is 11.4 Å². The van der Waals surface area contributed by atoms with Crippen LogP contribution in [0.2, 0.25) is 0 Å². The number of nitrogens with one attached hydrogen (secondary N) is 1. The van der Waals surface area contributed by atoms with Gasteiger partial charge in [-0.2, -0.15) is 5.26 Å². The third-order valence-corrected chi connectivity index (χ3v) is 3.68. The second kappa shape index (κ2) is 4.88. The molecule has 102 valence electrons. The SMILES string of the molecule is Cc1ccc(C#N)c(NC(C)(C)C(C)(C)C(=O)O)n1. The normalized spacial score (nSPS) is 11.8. The van der Waals surface area contributed by atoms with Crippen LogP contribution in [0.5, 0.6) is 0 Å². The van der Waals surface area contributed by atoms with Crippen LogP contribution in [0.4, 0.5) is 5.82 Å². The van der Waals surface area contributed by atoms with E-state index in [4.69, 9.17) is 5.26 Å². The van der Waals surface area contributed by atoms with Gasteiger partial charge in [0.05, 0.1) is 11.0 Å². The van der Waals surface area contributed by atoms with Gasteiger partial charge in [-0.15, -0.1) is 0 Å². The predicted octanol–water partition coefficient (Wildman–Crippen LogP) is 2.56. The molecule has 0 aliphatic carbocycles. The molecule has 2 N–H and O–H groups in total. The van der Waals surface area contributed by atoms with Crippen molar-refractivity contribution in [3.8, 4) is 6.07 Å². The van der Waals surface area contributed by atoms with Gasteiger partial charge in [-0.3, -0.25) is 4.79 Å². The maximum atomic E-state index is 11.4. The molecule has 5 nitrogen and oxygen atoms in total. The minimum Gasteiger partial charge on any atom is -0.481 e. The lowest BCUT2D eigenvalue weighted by Gasteiger charge is -2.39. The van der Waals surface area contributed by atoms with Crippen LogP contribution in [-0.4, -0.2) is 21.6 Å². The standard InChI is InChI=1S/C14H19N3O2/c1-9-6-7-10(8-15)11(16-9)17-14(4,5)13(2,3)12(18)19/h6-7H,1-5H3,(H,16,17)(H,18,19). The van der Waals surface area contributed by atoms with Crippen molar-refractivity contribution in [1.29, 1.82) is 5.26 Å². The molecule has 0 saturated heterocycles. The van der Waals surface area contributed by atoms with Crippen LogP contribution >= 0.6 is 0 Å². The van der Waals surface area contributed by atoms with Crippen molar-refractivity contribution in [1.82, 2.24) is 4.98 Å². The molecular weight excluding hydrogens is 242 g/mol. The van der Waals surface area contributed by atoms with E-state index in [-0.39, 0.29) is 0 Å². The molecule has 0 aliphatic rings. The van der Waals surface area contributed by atoms with E-state index in [1.807, 2.05) is 6.92 Å². The van der Waals surface area contributed by atoms with Gasteiger partial charge in [0.25, 0.3) is 0 Å². The molecule has 0 saturated carbocycles. The number of aryl methyl sites for hydroxylation is 1. The number of rotatable bonds is 4. The number of carboxylic acid groups (broad SMARTS) is 1. The van der Waals surface area contributed by atoms with Gasteiger partial charge < -0.3 is 10.4 Å². The lowest BCUT2D eigenvalue weighted by molar-refractivity contribution is -0.149. The summed E-state index contributed by atoms with van der Waals surface area (Å²) in [6.07, 6.45) is 0. The van der Waals surface area contributed by atoms with E-state index in [9.17, 15) is 9.90 Å². The number of nitrogens with zero attached hydrogens (tertiary/aromatic N) is 2. The summed E-state index contributed by atoms with van der Waals surface area (Å²) in [5.41, 5.74) is -0.596. The first-order chi connectivity index (χ1) is 8.61. The molecule has 0 fully saturated rings. The Balaban J connectivity index is 3.19. The van der Waals surface area contributed by atoms with E-state index in [0.717, 1.165) is 5.69 Å². The molecule has 0 amide bonds. The van der Waals surface area contributed by atoms with Crippen LogP contribution in [-0.2, 0) is 4.79 Å². The highest BCUT2D eigenvalue weighted by Gasteiger charge is 2.44. The smallest absolute Gasteiger partial charge is 0.311 e. The maximum absolute atomic E-state index is 11.4.